The van der Waals surface area contributed by atoms with Crippen molar-refractivity contribution in [3.8, 4) is 17.1 Å². The van der Waals surface area contributed by atoms with E-state index in [1.54, 1.807) is 29.1 Å². The molecule has 0 aliphatic carbocycles. The monoisotopic (exact) mass is 661 g/mol. The number of amides is 2. The molecular formula is C32H30F3N9O4. The van der Waals surface area contributed by atoms with Crippen LogP contribution in [0.25, 0.3) is 17.2 Å². The number of hydrogen-bond acceptors (Lipinski definition) is 9. The van der Waals surface area contributed by atoms with Crippen molar-refractivity contribution in [1.29, 1.82) is 0 Å². The first-order valence-electron chi connectivity index (χ1n) is 15.0. The minimum Gasteiger partial charge on any atom is -0.505 e. The average molecular weight is 662 g/mol. The Morgan fingerprint density at radius 1 is 1.04 bits per heavy atom. The molecule has 5 aromatic rings. The smallest absolute Gasteiger partial charge is 0.416 e. The first kappa shape index (κ1) is 32.2. The lowest BCUT2D eigenvalue weighted by Gasteiger charge is -2.36. The summed E-state index contributed by atoms with van der Waals surface area (Å²) < 4.78 is 42.3. The second-order valence-electron chi connectivity index (χ2n) is 11.2. The van der Waals surface area contributed by atoms with Crippen molar-refractivity contribution in [3.63, 3.8) is 0 Å². The van der Waals surface area contributed by atoms with E-state index in [-0.39, 0.29) is 72.7 Å². The van der Waals surface area contributed by atoms with E-state index in [0.29, 0.717) is 17.7 Å². The van der Waals surface area contributed by atoms with E-state index in [4.69, 9.17) is 0 Å². The third kappa shape index (κ3) is 6.15. The SMILES string of the molecule is CCc1c(N2CCN(C(=O)c3ncccc3O)CC2)c(=O)n2nc(-c3cccnc3)nc2n1CC(=O)Nc1ccc(C(F)(F)F)cc1C. The maximum Gasteiger partial charge on any atom is 0.416 e. The highest BCUT2D eigenvalue weighted by Gasteiger charge is 2.32. The first-order chi connectivity index (χ1) is 23.0. The van der Waals surface area contributed by atoms with Crippen molar-refractivity contribution in [2.75, 3.05) is 36.4 Å². The van der Waals surface area contributed by atoms with Crippen LogP contribution < -0.4 is 15.8 Å². The van der Waals surface area contributed by atoms with E-state index < -0.39 is 29.1 Å². The van der Waals surface area contributed by atoms with E-state index in [9.17, 15) is 32.7 Å². The summed E-state index contributed by atoms with van der Waals surface area (Å²) in [5.41, 5.74) is 0.376. The molecular weight excluding hydrogens is 631 g/mol. The van der Waals surface area contributed by atoms with Gasteiger partial charge in [-0.3, -0.25) is 19.4 Å². The summed E-state index contributed by atoms with van der Waals surface area (Å²) in [6.45, 7) is 3.93. The number of halogens is 3. The molecule has 13 nitrogen and oxygen atoms in total. The Labute approximate surface area is 271 Å². The quantitative estimate of drug-likeness (QED) is 0.267. The number of piperazine rings is 1. The summed E-state index contributed by atoms with van der Waals surface area (Å²) in [6, 6.07) is 9.39. The molecule has 1 fully saturated rings. The predicted octanol–water partition coefficient (Wildman–Crippen LogP) is 3.54. The number of alkyl halides is 3. The molecule has 0 radical (unpaired) electrons. The molecule has 1 aliphatic heterocycles. The predicted molar refractivity (Wildman–Crippen MR) is 169 cm³/mol. The number of carbonyl (C=O) groups excluding carboxylic acids is 2. The minimum absolute atomic E-state index is 0.0659. The molecule has 1 aromatic carbocycles. The molecule has 248 valence electrons. The summed E-state index contributed by atoms with van der Waals surface area (Å²) in [4.78, 5) is 56.7. The van der Waals surface area contributed by atoms with Gasteiger partial charge in [0.15, 0.2) is 11.5 Å². The standard InChI is InChI=1S/C32H30F3N9O4/c1-3-23-27(41-12-14-42(15-13-41)29(47)26-24(45)7-5-11-37-26)30(48)44-31(39-28(40-44)20-6-4-10-36-17-20)43(23)18-25(46)38-22-9-8-21(16-19(22)2)32(33,34)35/h4-11,16-17,45H,3,12-15,18H2,1-2H3,(H,38,46). The van der Waals surface area contributed by atoms with Crippen LogP contribution in [0.5, 0.6) is 5.75 Å². The van der Waals surface area contributed by atoms with Gasteiger partial charge in [-0.15, -0.1) is 5.10 Å². The largest absolute Gasteiger partial charge is 0.505 e. The number of fused-ring (bicyclic) bond motifs is 1. The van der Waals surface area contributed by atoms with Gasteiger partial charge in [-0.25, -0.2) is 4.98 Å². The lowest BCUT2D eigenvalue weighted by Crippen LogP contribution is -2.51. The molecule has 4 aromatic heterocycles. The minimum atomic E-state index is -4.53. The highest BCUT2D eigenvalue weighted by atomic mass is 19.4. The maximum absolute atomic E-state index is 14.1. The molecule has 1 saturated heterocycles. The van der Waals surface area contributed by atoms with Crippen LogP contribution in [0.4, 0.5) is 24.5 Å². The third-order valence-electron chi connectivity index (χ3n) is 8.08. The van der Waals surface area contributed by atoms with Crippen molar-refractivity contribution < 1.29 is 27.9 Å². The number of hydrogen-bond donors (Lipinski definition) is 2. The van der Waals surface area contributed by atoms with Crippen LogP contribution in [-0.2, 0) is 23.9 Å². The van der Waals surface area contributed by atoms with Crippen LogP contribution in [0.15, 0.2) is 65.8 Å². The molecule has 2 N–H and O–H groups in total. The van der Waals surface area contributed by atoms with Gasteiger partial charge in [0, 0.05) is 56.0 Å². The van der Waals surface area contributed by atoms with Gasteiger partial charge < -0.3 is 24.8 Å². The number of rotatable bonds is 7. The Morgan fingerprint density at radius 3 is 2.44 bits per heavy atom. The Hall–Kier alpha value is -5.80. The van der Waals surface area contributed by atoms with Gasteiger partial charge in [-0.05, 0) is 61.4 Å². The van der Waals surface area contributed by atoms with Crippen LogP contribution in [-0.4, -0.2) is 77.1 Å². The molecule has 0 unspecified atom stereocenters. The molecule has 6 rings (SSSR count). The second-order valence-corrected chi connectivity index (χ2v) is 11.2. The topological polar surface area (TPSA) is 151 Å². The number of nitrogens with one attached hydrogen (secondary N) is 1. The number of benzene rings is 1. The molecule has 2 amide bonds. The van der Waals surface area contributed by atoms with Crippen LogP contribution >= 0.6 is 0 Å². The summed E-state index contributed by atoms with van der Waals surface area (Å²) in [7, 11) is 0. The third-order valence-corrected chi connectivity index (χ3v) is 8.08. The summed E-state index contributed by atoms with van der Waals surface area (Å²) in [5, 5.41) is 17.3. The van der Waals surface area contributed by atoms with Crippen LogP contribution in [0, 0.1) is 6.92 Å². The van der Waals surface area contributed by atoms with Gasteiger partial charge in [-0.1, -0.05) is 6.92 Å². The molecule has 0 bridgehead atoms. The Balaban J connectivity index is 1.36. The molecule has 0 saturated carbocycles. The maximum atomic E-state index is 14.1. The van der Waals surface area contributed by atoms with E-state index in [0.717, 1.165) is 16.6 Å². The van der Waals surface area contributed by atoms with Crippen molar-refractivity contribution in [1.82, 2.24) is 34.0 Å². The normalized spacial score (nSPS) is 13.6. The van der Waals surface area contributed by atoms with E-state index in [2.05, 4.69) is 25.4 Å². The Bertz CT molecular complexity index is 2070. The van der Waals surface area contributed by atoms with Gasteiger partial charge in [0.1, 0.15) is 18.0 Å². The van der Waals surface area contributed by atoms with Gasteiger partial charge in [0.25, 0.3) is 11.5 Å². The zero-order valence-electron chi connectivity index (χ0n) is 25.9. The molecule has 16 heteroatoms. The van der Waals surface area contributed by atoms with Gasteiger partial charge in [-0.2, -0.15) is 22.7 Å². The first-order valence-corrected chi connectivity index (χ1v) is 15.0. The lowest BCUT2D eigenvalue weighted by molar-refractivity contribution is -0.137. The summed E-state index contributed by atoms with van der Waals surface area (Å²) in [6.07, 6.45) is 0.324. The number of aryl methyl sites for hydroxylation is 1. The van der Waals surface area contributed by atoms with Gasteiger partial charge in [0.05, 0.1) is 11.3 Å². The lowest BCUT2D eigenvalue weighted by atomic mass is 10.1. The molecule has 0 spiro atoms. The van der Waals surface area contributed by atoms with Crippen LogP contribution in [0.1, 0.15) is 34.2 Å². The molecule has 48 heavy (non-hydrogen) atoms. The van der Waals surface area contributed by atoms with Gasteiger partial charge in [0.2, 0.25) is 11.7 Å². The molecule has 5 heterocycles. The van der Waals surface area contributed by atoms with Crippen molar-refractivity contribution in [2.24, 2.45) is 0 Å². The average Bonchev–Trinajstić information content (AvgIpc) is 3.53. The zero-order chi connectivity index (χ0) is 34.2. The highest BCUT2D eigenvalue weighted by molar-refractivity contribution is 5.95. The van der Waals surface area contributed by atoms with Crippen LogP contribution in [0.3, 0.4) is 0 Å². The van der Waals surface area contributed by atoms with Crippen molar-refractivity contribution in [3.05, 3.63) is 93.9 Å². The van der Waals surface area contributed by atoms with E-state index in [1.807, 2.05) is 11.8 Å². The van der Waals surface area contributed by atoms with Gasteiger partial charge >= 0.3 is 6.18 Å². The van der Waals surface area contributed by atoms with E-state index >= 15 is 0 Å². The Kier molecular flexibility index (Phi) is 8.56. The Morgan fingerprint density at radius 2 is 1.79 bits per heavy atom. The summed E-state index contributed by atoms with van der Waals surface area (Å²) in [5.74, 6) is -0.924. The van der Waals surface area contributed by atoms with Crippen molar-refractivity contribution in [2.45, 2.75) is 33.0 Å². The number of aromatic nitrogens is 6. The van der Waals surface area contributed by atoms with Crippen LogP contribution in [0.2, 0.25) is 0 Å². The number of pyridine rings is 2. The van der Waals surface area contributed by atoms with E-state index in [1.165, 1.54) is 36.2 Å². The molecule has 1 aliphatic rings. The highest BCUT2D eigenvalue weighted by Crippen LogP contribution is 2.32. The zero-order valence-corrected chi connectivity index (χ0v) is 25.9. The fraction of sp³-hybridized carbons (Fsp3) is 0.281. The summed E-state index contributed by atoms with van der Waals surface area (Å²) >= 11 is 0. The number of carbonyl (C=O) groups is 2. The fourth-order valence-corrected chi connectivity index (χ4v) is 5.70. The fourth-order valence-electron chi connectivity index (χ4n) is 5.70. The number of aromatic hydroxyl groups is 1. The second kappa shape index (κ2) is 12.8. The number of nitrogens with zero attached hydrogens (tertiary/aromatic N) is 8. The molecule has 0 atom stereocenters. The number of anilines is 2. The van der Waals surface area contributed by atoms with Crippen molar-refractivity contribution >= 4 is 29.0 Å².